The maximum Gasteiger partial charge on any atom is 0.253 e. The van der Waals surface area contributed by atoms with Gasteiger partial charge in [-0.1, -0.05) is 41.9 Å². The summed E-state index contributed by atoms with van der Waals surface area (Å²) in [6.45, 7) is 1.18. The molecule has 0 saturated carbocycles. The molecule has 0 fully saturated rings. The molecular formula is C22H19ClN4O. The van der Waals surface area contributed by atoms with Gasteiger partial charge in [0.05, 0.1) is 11.3 Å². The molecule has 0 spiro atoms. The average molecular weight is 391 g/mol. The molecule has 1 N–H and O–H groups in total. The van der Waals surface area contributed by atoms with Crippen LogP contribution in [0.4, 0.5) is 0 Å². The Morgan fingerprint density at radius 1 is 1.07 bits per heavy atom. The van der Waals surface area contributed by atoms with Crippen LogP contribution in [-0.4, -0.2) is 27.0 Å². The third-order valence-corrected chi connectivity index (χ3v) is 4.83. The van der Waals surface area contributed by atoms with Crippen molar-refractivity contribution in [2.45, 2.75) is 13.0 Å². The number of nitrogens with one attached hydrogen (secondary N) is 1. The van der Waals surface area contributed by atoms with Gasteiger partial charge in [0.15, 0.2) is 0 Å². The largest absolute Gasteiger partial charge is 0.352 e. The van der Waals surface area contributed by atoms with Crippen LogP contribution in [0.3, 0.4) is 0 Å². The van der Waals surface area contributed by atoms with Gasteiger partial charge < -0.3 is 9.88 Å². The normalized spacial score (nSPS) is 10.9. The standard InChI is InChI=1S/C22H19ClN4O/c23-17-7-5-16(6-8-17)14-27-15-20(19-3-1-2-4-21(19)27)22(28)26-10-9-18-13-24-11-12-25-18/h1-8,11-13,15H,9-10,14H2,(H,26,28). The van der Waals surface area contributed by atoms with Crippen molar-refractivity contribution in [1.82, 2.24) is 19.9 Å². The molecule has 0 aliphatic heterocycles. The predicted molar refractivity (Wildman–Crippen MR) is 111 cm³/mol. The molecule has 0 radical (unpaired) electrons. The number of halogens is 1. The number of para-hydroxylation sites is 1. The highest BCUT2D eigenvalue weighted by molar-refractivity contribution is 6.30. The molecule has 0 unspecified atom stereocenters. The third kappa shape index (κ3) is 4.05. The van der Waals surface area contributed by atoms with Crippen LogP contribution in [0.25, 0.3) is 10.9 Å². The SMILES string of the molecule is O=C(NCCc1cnccn1)c1cn(Cc2ccc(Cl)cc2)c2ccccc12. The average Bonchev–Trinajstić information content (AvgIpc) is 3.09. The highest BCUT2D eigenvalue weighted by Crippen LogP contribution is 2.23. The molecule has 140 valence electrons. The molecule has 2 aromatic heterocycles. The van der Waals surface area contributed by atoms with Crippen LogP contribution < -0.4 is 5.32 Å². The van der Waals surface area contributed by atoms with Crippen molar-refractivity contribution in [3.63, 3.8) is 0 Å². The molecule has 0 bridgehead atoms. The van der Waals surface area contributed by atoms with Crippen LogP contribution in [0.5, 0.6) is 0 Å². The van der Waals surface area contributed by atoms with E-state index in [1.807, 2.05) is 54.7 Å². The molecule has 2 aromatic carbocycles. The number of fused-ring (bicyclic) bond motifs is 1. The predicted octanol–water partition coefficient (Wildman–Crippen LogP) is 4.11. The van der Waals surface area contributed by atoms with E-state index in [1.165, 1.54) is 0 Å². The van der Waals surface area contributed by atoms with Crippen LogP contribution in [0.2, 0.25) is 5.02 Å². The summed E-state index contributed by atoms with van der Waals surface area (Å²) < 4.78 is 2.09. The number of carbonyl (C=O) groups is 1. The molecule has 4 aromatic rings. The summed E-state index contributed by atoms with van der Waals surface area (Å²) in [6.07, 6.45) is 7.56. The minimum Gasteiger partial charge on any atom is -0.352 e. The molecule has 28 heavy (non-hydrogen) atoms. The van der Waals surface area contributed by atoms with Crippen molar-refractivity contribution in [2.24, 2.45) is 0 Å². The van der Waals surface area contributed by atoms with Crippen LogP contribution >= 0.6 is 11.6 Å². The molecule has 6 heteroatoms. The van der Waals surface area contributed by atoms with Crippen molar-refractivity contribution in [3.8, 4) is 0 Å². The first-order valence-corrected chi connectivity index (χ1v) is 9.44. The maximum absolute atomic E-state index is 12.8. The van der Waals surface area contributed by atoms with Gasteiger partial charge in [-0.25, -0.2) is 0 Å². The number of benzene rings is 2. The minimum atomic E-state index is -0.0880. The highest BCUT2D eigenvalue weighted by atomic mass is 35.5. The van der Waals surface area contributed by atoms with Gasteiger partial charge in [0.1, 0.15) is 0 Å². The van der Waals surface area contributed by atoms with Crippen molar-refractivity contribution >= 4 is 28.4 Å². The lowest BCUT2D eigenvalue weighted by molar-refractivity contribution is 0.0955. The van der Waals surface area contributed by atoms with Gasteiger partial charge in [0.25, 0.3) is 5.91 Å². The Balaban J connectivity index is 1.53. The van der Waals surface area contributed by atoms with Crippen molar-refractivity contribution < 1.29 is 4.79 Å². The number of rotatable bonds is 6. The van der Waals surface area contributed by atoms with E-state index in [0.29, 0.717) is 30.1 Å². The maximum atomic E-state index is 12.8. The molecule has 4 rings (SSSR count). The quantitative estimate of drug-likeness (QED) is 0.539. The summed E-state index contributed by atoms with van der Waals surface area (Å²) in [7, 11) is 0. The van der Waals surface area contributed by atoms with Gasteiger partial charge in [0.2, 0.25) is 0 Å². The summed E-state index contributed by atoms with van der Waals surface area (Å²) in [5, 5.41) is 4.64. The number of nitrogens with zero attached hydrogens (tertiary/aromatic N) is 3. The van der Waals surface area contributed by atoms with Crippen LogP contribution in [0.15, 0.2) is 73.3 Å². The van der Waals surface area contributed by atoms with Crippen LogP contribution in [0.1, 0.15) is 21.6 Å². The summed E-state index contributed by atoms with van der Waals surface area (Å²) in [4.78, 5) is 21.1. The van der Waals surface area contributed by atoms with Crippen molar-refractivity contribution in [1.29, 1.82) is 0 Å². The van der Waals surface area contributed by atoms with Crippen molar-refractivity contribution in [2.75, 3.05) is 6.54 Å². The highest BCUT2D eigenvalue weighted by Gasteiger charge is 2.15. The van der Waals surface area contributed by atoms with Gasteiger partial charge in [-0.15, -0.1) is 0 Å². The summed E-state index contributed by atoms with van der Waals surface area (Å²) in [5.74, 6) is -0.0880. The molecule has 0 aliphatic rings. The molecule has 5 nitrogen and oxygen atoms in total. The molecule has 0 saturated heterocycles. The fourth-order valence-electron chi connectivity index (χ4n) is 3.20. The Kier molecular flexibility index (Phi) is 5.35. The second kappa shape index (κ2) is 8.23. The van der Waals surface area contributed by atoms with E-state index in [1.54, 1.807) is 18.6 Å². The van der Waals surface area contributed by atoms with E-state index in [4.69, 9.17) is 11.6 Å². The zero-order valence-corrected chi connectivity index (χ0v) is 15.9. The fraction of sp³-hybridized carbons (Fsp3) is 0.136. The van der Waals surface area contributed by atoms with E-state index >= 15 is 0 Å². The molecule has 0 atom stereocenters. The number of hydrogen-bond acceptors (Lipinski definition) is 3. The Bertz CT molecular complexity index is 1090. The summed E-state index contributed by atoms with van der Waals surface area (Å²) in [6, 6.07) is 15.7. The monoisotopic (exact) mass is 390 g/mol. The lowest BCUT2D eigenvalue weighted by Crippen LogP contribution is -2.25. The first-order valence-electron chi connectivity index (χ1n) is 9.06. The van der Waals surface area contributed by atoms with Gasteiger partial charge in [-0.05, 0) is 23.8 Å². The van der Waals surface area contributed by atoms with Crippen molar-refractivity contribution in [3.05, 3.63) is 95.2 Å². The third-order valence-electron chi connectivity index (χ3n) is 4.58. The Hall–Kier alpha value is -3.18. The number of hydrogen-bond donors (Lipinski definition) is 1. The van der Waals surface area contributed by atoms with Gasteiger partial charge in [0, 0.05) is 60.2 Å². The van der Waals surface area contributed by atoms with E-state index in [-0.39, 0.29) is 5.91 Å². The minimum absolute atomic E-state index is 0.0880. The van der Waals surface area contributed by atoms with Gasteiger partial charge >= 0.3 is 0 Å². The molecule has 0 aliphatic carbocycles. The Labute approximate surface area is 168 Å². The van der Waals surface area contributed by atoms with Gasteiger partial charge in [-0.3, -0.25) is 14.8 Å². The fourth-order valence-corrected chi connectivity index (χ4v) is 3.33. The van der Waals surface area contributed by atoms with Crippen LogP contribution in [0, 0.1) is 0 Å². The lowest BCUT2D eigenvalue weighted by atomic mass is 10.1. The van der Waals surface area contributed by atoms with E-state index in [0.717, 1.165) is 22.2 Å². The Morgan fingerprint density at radius 2 is 1.89 bits per heavy atom. The van der Waals surface area contributed by atoms with E-state index in [9.17, 15) is 4.79 Å². The summed E-state index contributed by atoms with van der Waals surface area (Å²) in [5.41, 5.74) is 3.67. The second-order valence-electron chi connectivity index (χ2n) is 6.52. The lowest BCUT2D eigenvalue weighted by Gasteiger charge is -2.05. The van der Waals surface area contributed by atoms with E-state index in [2.05, 4.69) is 19.9 Å². The number of amides is 1. The first kappa shape index (κ1) is 18.2. The first-order chi connectivity index (χ1) is 13.7. The number of carbonyl (C=O) groups excluding carboxylic acids is 1. The topological polar surface area (TPSA) is 59.8 Å². The van der Waals surface area contributed by atoms with Crippen LogP contribution in [-0.2, 0) is 13.0 Å². The van der Waals surface area contributed by atoms with Gasteiger partial charge in [-0.2, -0.15) is 0 Å². The molecule has 2 heterocycles. The number of aromatic nitrogens is 3. The zero-order valence-electron chi connectivity index (χ0n) is 15.2. The van der Waals surface area contributed by atoms with E-state index < -0.39 is 0 Å². The Morgan fingerprint density at radius 3 is 2.68 bits per heavy atom. The zero-order chi connectivity index (χ0) is 19.3. The second-order valence-corrected chi connectivity index (χ2v) is 6.95. The molecular weight excluding hydrogens is 372 g/mol. The smallest absolute Gasteiger partial charge is 0.253 e. The molecule has 1 amide bonds. The summed E-state index contributed by atoms with van der Waals surface area (Å²) >= 11 is 5.98.